The Morgan fingerprint density at radius 1 is 0.263 bits per heavy atom. The fourth-order valence-corrected chi connectivity index (χ4v) is 24.0. The minimum absolute atomic E-state index is 0.439. The lowest BCUT2D eigenvalue weighted by Crippen LogP contribution is -2.48. The van der Waals surface area contributed by atoms with Crippen molar-refractivity contribution in [2.75, 3.05) is 72.0 Å². The molecular formula is C112H230N6. The van der Waals surface area contributed by atoms with Gasteiger partial charge in [-0.25, -0.2) is 0 Å². The topological polar surface area (TPSA) is 72.2 Å². The molecule has 0 amide bonds. The van der Waals surface area contributed by atoms with Crippen LogP contribution in [0.5, 0.6) is 0 Å². The molecule has 11 aliphatic rings. The zero-order valence-corrected chi connectivity index (χ0v) is 90.6. The number of hydrogen-bond donors (Lipinski definition) is 6. The van der Waals surface area contributed by atoms with Crippen molar-refractivity contribution in [3.63, 3.8) is 0 Å². The Bertz CT molecular complexity index is 2500. The van der Waals surface area contributed by atoms with Gasteiger partial charge in [-0.05, 0) is 332 Å². The summed E-state index contributed by atoms with van der Waals surface area (Å²) in [4.78, 5) is 0. The predicted octanol–water partition coefficient (Wildman–Crippen LogP) is 32.1. The lowest BCUT2D eigenvalue weighted by atomic mass is 9.58. The molecule has 0 radical (unpaired) electrons. The van der Waals surface area contributed by atoms with Gasteiger partial charge in [0.05, 0.1) is 0 Å². The van der Waals surface area contributed by atoms with Crippen LogP contribution in [0.2, 0.25) is 0 Å². The summed E-state index contributed by atoms with van der Waals surface area (Å²) in [6, 6.07) is 0.740. The molecule has 0 aromatic rings. The van der Waals surface area contributed by atoms with Crippen molar-refractivity contribution in [3.8, 4) is 0 Å². The number of hydrogen-bond acceptors (Lipinski definition) is 6. The molecule has 11 rings (SSSR count). The maximum atomic E-state index is 3.48. The summed E-state index contributed by atoms with van der Waals surface area (Å²) < 4.78 is 0. The van der Waals surface area contributed by atoms with Gasteiger partial charge in [0.25, 0.3) is 0 Å². The maximum Gasteiger partial charge on any atom is 0.00421 e. The third kappa shape index (κ3) is 40.2. The highest BCUT2D eigenvalue weighted by molar-refractivity contribution is 4.97. The predicted molar refractivity (Wildman–Crippen MR) is 537 cm³/mol. The van der Waals surface area contributed by atoms with Crippen molar-refractivity contribution in [3.05, 3.63) is 0 Å². The Labute approximate surface area is 748 Å². The summed E-state index contributed by atoms with van der Waals surface area (Å²) >= 11 is 0. The van der Waals surface area contributed by atoms with Gasteiger partial charge in [-0.1, -0.05) is 376 Å². The molecule has 6 nitrogen and oxygen atoms in total. The Kier molecular flexibility index (Phi) is 47.5. The molecule has 0 spiro atoms. The van der Waals surface area contributed by atoms with Crippen molar-refractivity contribution < 1.29 is 0 Å². The Balaban J connectivity index is 0.000000649. The Morgan fingerprint density at radius 2 is 0.686 bits per heavy atom. The molecule has 11 fully saturated rings. The van der Waals surface area contributed by atoms with Crippen LogP contribution < -0.4 is 31.9 Å². The summed E-state index contributed by atoms with van der Waals surface area (Å²) in [5.41, 5.74) is 7.71. The van der Waals surface area contributed by atoms with E-state index in [0.29, 0.717) is 81.2 Å². The van der Waals surface area contributed by atoms with Crippen molar-refractivity contribution >= 4 is 0 Å². The molecule has 6 heteroatoms. The molecule has 708 valence electrons. The van der Waals surface area contributed by atoms with E-state index >= 15 is 0 Å². The van der Waals surface area contributed by atoms with E-state index in [-0.39, 0.29) is 0 Å². The average Bonchev–Trinajstić information content (AvgIpc) is 1.16. The fourth-order valence-electron chi connectivity index (χ4n) is 24.0. The molecule has 0 aromatic heterocycles. The lowest BCUT2D eigenvalue weighted by molar-refractivity contribution is 0.0146. The highest BCUT2D eigenvalue weighted by atomic mass is 15.0. The molecule has 5 aliphatic carbocycles. The highest BCUT2D eigenvalue weighted by Gasteiger charge is 2.46. The van der Waals surface area contributed by atoms with Gasteiger partial charge in [0.2, 0.25) is 0 Å². The van der Waals surface area contributed by atoms with Crippen LogP contribution in [0.15, 0.2) is 0 Å². The van der Waals surface area contributed by atoms with Crippen molar-refractivity contribution in [2.24, 2.45) is 176 Å². The van der Waals surface area contributed by atoms with Crippen LogP contribution in [-0.2, 0) is 0 Å². The standard InChI is InChI=1S/C12H24.C11H23N.2C11H22.2C10H21N.2C10H20.3C9H19N/c1-11(2,3)10-8-6-7-9-12(10,4)5;1-9-8-12-7-6-11(9,5)10(2,3)4;1-8-6-7-10(9(8)2)11(3,4)5;1-9-7-5-6-8-10(9)11(2,3)4;1-9(2,3)10(4)5-7-11-8-6-10;1-8-7-11-6-5-9(8)10(2,3)4;1-8-5-6-9(7-8)10(2,3)4;1-8-6-5-7-9(8)10(2,3)4;1-7-5-10-6-8(7)9(2,3)4;1-7-5-8(6-10-7)9(2,3)4;1-8(2,3)9(4)5-6-10-7-9/h10H,6-9H2,1-5H3;9,12H,6-8H2,1-5H3;8-10H,6-7H2,1-5H3;9-10H,5-8H2,1-4H3;11H,5-8H2,1-4H3;8-9,11H,5-7H2,1-4H3;2*8-9H,5-7H2,1-4H3;2*7-8,10H,5-6H2,1-4H3;10H,5-7H2,1-4H3. The van der Waals surface area contributed by atoms with E-state index in [9.17, 15) is 0 Å². The molecule has 0 aromatic carbocycles. The zero-order valence-electron chi connectivity index (χ0n) is 90.6. The first kappa shape index (κ1) is 116. The largest absolute Gasteiger partial charge is 0.317 e. The Hall–Kier alpha value is -0.240. The SMILES string of the molecule is CC(C)(C)C1(C)CCNC1.CC(C)(C)C1(C)CCNCC1.CC(C)(C)C1CCCCC1(C)C.CC1CC(C(C)(C)C)CN1.CC1CCC(C(C)(C)C)C1.CC1CCC(C(C)(C)C)C1C.CC1CCCC1C(C)(C)C.CC1CCCCC1C(C)(C)C.CC1CNCC1C(C)(C)C.CC1CNCCC1(C)C(C)(C)C.CC1CNCCC1C(C)(C)C. The van der Waals surface area contributed by atoms with Crippen LogP contribution in [0.3, 0.4) is 0 Å². The van der Waals surface area contributed by atoms with E-state index in [2.05, 4.69) is 357 Å². The van der Waals surface area contributed by atoms with Crippen LogP contribution >= 0.6 is 0 Å². The summed E-state index contributed by atoms with van der Waals surface area (Å²) in [6.45, 7) is 125. The number of piperidine rings is 3. The van der Waals surface area contributed by atoms with E-state index in [1.165, 1.54) is 213 Å². The first-order valence-corrected chi connectivity index (χ1v) is 51.4. The molecule has 6 saturated heterocycles. The molecule has 6 N–H and O–H groups in total. The molecule has 5 saturated carbocycles. The second-order valence-electron chi connectivity index (χ2n) is 56.1. The normalized spacial score (nSPS) is 34.0. The van der Waals surface area contributed by atoms with Crippen LogP contribution in [0.25, 0.3) is 0 Å². The smallest absolute Gasteiger partial charge is 0.00421 e. The van der Waals surface area contributed by atoms with Gasteiger partial charge in [0, 0.05) is 12.6 Å². The van der Waals surface area contributed by atoms with Crippen molar-refractivity contribution in [2.45, 2.75) is 473 Å². The maximum absolute atomic E-state index is 3.48. The van der Waals surface area contributed by atoms with Gasteiger partial charge in [0.1, 0.15) is 0 Å². The minimum atomic E-state index is 0.439. The number of rotatable bonds is 0. The van der Waals surface area contributed by atoms with Crippen LogP contribution in [0.4, 0.5) is 0 Å². The van der Waals surface area contributed by atoms with Gasteiger partial charge >= 0.3 is 0 Å². The van der Waals surface area contributed by atoms with Gasteiger partial charge < -0.3 is 31.9 Å². The quantitative estimate of drug-likeness (QED) is 0.145. The summed E-state index contributed by atoms with van der Waals surface area (Å²) in [5, 5.41) is 20.6. The first-order chi connectivity index (χ1) is 53.1. The van der Waals surface area contributed by atoms with Gasteiger partial charge in [-0.2, -0.15) is 0 Å². The molecule has 19 atom stereocenters. The monoisotopic (exact) mass is 1660 g/mol. The van der Waals surface area contributed by atoms with Gasteiger partial charge in [0.15, 0.2) is 0 Å². The number of nitrogens with one attached hydrogen (secondary N) is 6. The zero-order chi connectivity index (χ0) is 91.9. The molecule has 0 bridgehead atoms. The van der Waals surface area contributed by atoms with Crippen LogP contribution in [0, 0.1) is 176 Å². The highest BCUT2D eigenvalue weighted by Crippen LogP contribution is 2.53. The van der Waals surface area contributed by atoms with E-state index in [0.717, 1.165) is 101 Å². The third-order valence-corrected chi connectivity index (χ3v) is 35.1. The average molecular weight is 1660 g/mol. The molecule has 19 unspecified atom stereocenters. The fraction of sp³-hybridized carbons (Fsp3) is 1.00. The molecule has 6 aliphatic heterocycles. The van der Waals surface area contributed by atoms with Gasteiger partial charge in [-0.3, -0.25) is 0 Å². The summed E-state index contributed by atoms with van der Waals surface area (Å²) in [7, 11) is 0. The summed E-state index contributed by atoms with van der Waals surface area (Å²) in [5.74, 6) is 14.8. The van der Waals surface area contributed by atoms with Gasteiger partial charge in [-0.15, -0.1) is 0 Å². The van der Waals surface area contributed by atoms with E-state index < -0.39 is 0 Å². The first-order valence-electron chi connectivity index (χ1n) is 51.4. The van der Waals surface area contributed by atoms with E-state index in [1.54, 1.807) is 0 Å². The minimum Gasteiger partial charge on any atom is -0.317 e. The van der Waals surface area contributed by atoms with E-state index in [4.69, 9.17) is 0 Å². The Morgan fingerprint density at radius 3 is 0.941 bits per heavy atom. The van der Waals surface area contributed by atoms with E-state index in [1.807, 2.05) is 0 Å². The van der Waals surface area contributed by atoms with Crippen molar-refractivity contribution in [1.29, 1.82) is 0 Å². The molecule has 118 heavy (non-hydrogen) atoms. The lowest BCUT2D eigenvalue weighted by Gasteiger charge is -2.49. The third-order valence-electron chi connectivity index (χ3n) is 35.1. The van der Waals surface area contributed by atoms with Crippen LogP contribution in [-0.4, -0.2) is 78.0 Å². The van der Waals surface area contributed by atoms with Crippen molar-refractivity contribution in [1.82, 2.24) is 31.9 Å². The molecular weight excluding hydrogens is 1430 g/mol. The summed E-state index contributed by atoms with van der Waals surface area (Å²) in [6.07, 6.45) is 31.3. The second kappa shape index (κ2) is 48.4. The van der Waals surface area contributed by atoms with Crippen LogP contribution in [0.1, 0.15) is 467 Å². The second-order valence-corrected chi connectivity index (χ2v) is 56.1. The molecule has 6 heterocycles.